The third-order valence-corrected chi connectivity index (χ3v) is 5.29. The average molecular weight is 418 g/mol. The zero-order valence-corrected chi connectivity index (χ0v) is 16.4. The first-order valence-corrected chi connectivity index (χ1v) is 9.63. The molecule has 2 aromatic heterocycles. The molecule has 30 heavy (non-hydrogen) atoms. The van der Waals surface area contributed by atoms with E-state index in [0.717, 1.165) is 16.5 Å². The minimum Gasteiger partial charge on any atom is -0.294 e. The second kappa shape index (κ2) is 8.02. The Hall–Kier alpha value is -3.01. The Morgan fingerprint density at radius 1 is 1.20 bits per heavy atom. The molecule has 1 aromatic carbocycles. The van der Waals surface area contributed by atoms with Crippen molar-refractivity contribution in [3.05, 3.63) is 36.8 Å². The molecule has 1 aliphatic rings. The molecule has 7 nitrogen and oxygen atoms in total. The fourth-order valence-electron chi connectivity index (χ4n) is 3.62. The van der Waals surface area contributed by atoms with Crippen molar-refractivity contribution in [1.29, 1.82) is 0 Å². The highest BCUT2D eigenvalue weighted by atomic mass is 19.4. The van der Waals surface area contributed by atoms with E-state index < -0.39 is 12.1 Å². The van der Waals surface area contributed by atoms with Crippen LogP contribution in [0, 0.1) is 5.92 Å². The zero-order valence-electron chi connectivity index (χ0n) is 16.4. The number of nitrogens with one attached hydrogen (secondary N) is 1. The van der Waals surface area contributed by atoms with Crippen LogP contribution >= 0.6 is 0 Å². The van der Waals surface area contributed by atoms with Crippen molar-refractivity contribution in [2.45, 2.75) is 19.0 Å². The molecule has 0 unspecified atom stereocenters. The van der Waals surface area contributed by atoms with Crippen molar-refractivity contribution in [2.24, 2.45) is 13.0 Å². The lowest BCUT2D eigenvalue weighted by Crippen LogP contribution is -2.42. The van der Waals surface area contributed by atoms with Crippen molar-refractivity contribution in [3.63, 3.8) is 0 Å². The monoisotopic (exact) mass is 418 g/mol. The number of nitrogens with zero attached hydrogens (tertiary/aromatic N) is 5. The number of anilines is 1. The number of carbonyl (C=O) groups is 1. The Morgan fingerprint density at radius 3 is 2.63 bits per heavy atom. The van der Waals surface area contributed by atoms with Crippen molar-refractivity contribution >= 4 is 22.8 Å². The molecule has 0 saturated carbocycles. The number of rotatable bonds is 4. The van der Waals surface area contributed by atoms with E-state index in [1.807, 2.05) is 31.4 Å². The number of benzene rings is 1. The molecule has 0 aliphatic carbocycles. The number of alkyl halides is 3. The Morgan fingerprint density at radius 2 is 1.97 bits per heavy atom. The van der Waals surface area contributed by atoms with Gasteiger partial charge in [-0.2, -0.15) is 18.3 Å². The third-order valence-electron chi connectivity index (χ3n) is 5.29. The average Bonchev–Trinajstić information content (AvgIpc) is 3.13. The number of carbonyl (C=O) groups excluding carboxylic acids is 1. The number of aryl methyl sites for hydroxylation is 1. The quantitative estimate of drug-likeness (QED) is 0.704. The summed E-state index contributed by atoms with van der Waals surface area (Å²) in [6.45, 7) is 0.497. The van der Waals surface area contributed by atoms with Gasteiger partial charge in [0, 0.05) is 30.4 Å². The van der Waals surface area contributed by atoms with Gasteiger partial charge in [0.1, 0.15) is 0 Å². The summed E-state index contributed by atoms with van der Waals surface area (Å²) in [6, 6.07) is 5.74. The molecule has 10 heteroatoms. The summed E-state index contributed by atoms with van der Waals surface area (Å²) in [5, 5.41) is 7.64. The van der Waals surface area contributed by atoms with E-state index in [9.17, 15) is 18.0 Å². The summed E-state index contributed by atoms with van der Waals surface area (Å²) in [6.07, 6.45) is 1.14. The summed E-state index contributed by atoms with van der Waals surface area (Å²) in [7, 11) is 1.84. The number of piperidine rings is 1. The van der Waals surface area contributed by atoms with Gasteiger partial charge in [-0.25, -0.2) is 9.97 Å². The predicted octanol–water partition coefficient (Wildman–Crippen LogP) is 3.24. The lowest BCUT2D eigenvalue weighted by molar-refractivity contribution is -0.184. The minimum atomic E-state index is -4.16. The van der Waals surface area contributed by atoms with Crippen LogP contribution in [0.25, 0.3) is 22.0 Å². The van der Waals surface area contributed by atoms with Gasteiger partial charge in [0.2, 0.25) is 11.9 Å². The SMILES string of the molecule is Cn1cc(-c2ccc3cnc(NC(=O)CN4CCC(C(F)(F)F)CC4)nc3c2)cn1. The largest absolute Gasteiger partial charge is 0.391 e. The molecular weight excluding hydrogens is 397 g/mol. The number of halogens is 3. The van der Waals surface area contributed by atoms with Crippen LogP contribution in [0.4, 0.5) is 19.1 Å². The lowest BCUT2D eigenvalue weighted by atomic mass is 9.96. The van der Waals surface area contributed by atoms with Gasteiger partial charge in [0.05, 0.1) is 24.2 Å². The highest BCUT2D eigenvalue weighted by Gasteiger charge is 2.41. The fraction of sp³-hybridized carbons (Fsp3) is 0.400. The van der Waals surface area contributed by atoms with Gasteiger partial charge >= 0.3 is 6.18 Å². The van der Waals surface area contributed by atoms with Gasteiger partial charge < -0.3 is 0 Å². The number of fused-ring (bicyclic) bond motifs is 1. The van der Waals surface area contributed by atoms with Gasteiger partial charge in [0.25, 0.3) is 0 Å². The Labute approximate surface area is 170 Å². The normalized spacial score (nSPS) is 16.1. The molecule has 158 valence electrons. The van der Waals surface area contributed by atoms with Crippen molar-refractivity contribution in [2.75, 3.05) is 25.0 Å². The number of aromatic nitrogens is 4. The van der Waals surface area contributed by atoms with E-state index in [1.165, 1.54) is 0 Å². The van der Waals surface area contributed by atoms with Crippen LogP contribution in [0.3, 0.4) is 0 Å². The van der Waals surface area contributed by atoms with Crippen LogP contribution in [0.15, 0.2) is 36.8 Å². The van der Waals surface area contributed by atoms with Gasteiger partial charge in [0.15, 0.2) is 0 Å². The van der Waals surface area contributed by atoms with Crippen LogP contribution in [-0.4, -0.2) is 56.4 Å². The van der Waals surface area contributed by atoms with E-state index in [-0.39, 0.29) is 44.3 Å². The number of hydrogen-bond donors (Lipinski definition) is 1. The van der Waals surface area contributed by atoms with Crippen molar-refractivity contribution in [3.8, 4) is 11.1 Å². The molecule has 1 saturated heterocycles. The topological polar surface area (TPSA) is 75.9 Å². The molecule has 3 aromatic rings. The van der Waals surface area contributed by atoms with Crippen LogP contribution < -0.4 is 5.32 Å². The molecule has 3 heterocycles. The van der Waals surface area contributed by atoms with Crippen LogP contribution in [0.2, 0.25) is 0 Å². The molecule has 0 atom stereocenters. The van der Waals surface area contributed by atoms with Gasteiger partial charge in [-0.05, 0) is 37.6 Å². The molecule has 1 N–H and O–H groups in total. The molecule has 0 radical (unpaired) electrons. The Balaban J connectivity index is 1.40. The first-order chi connectivity index (χ1) is 14.3. The van der Waals surface area contributed by atoms with E-state index in [0.29, 0.717) is 5.52 Å². The summed E-state index contributed by atoms with van der Waals surface area (Å²) >= 11 is 0. The van der Waals surface area contributed by atoms with Crippen LogP contribution in [0.1, 0.15) is 12.8 Å². The smallest absolute Gasteiger partial charge is 0.294 e. The summed E-state index contributed by atoms with van der Waals surface area (Å²) in [5.74, 6) is -1.46. The second-order valence-corrected chi connectivity index (χ2v) is 7.51. The zero-order chi connectivity index (χ0) is 21.3. The first kappa shape index (κ1) is 20.3. The Kier molecular flexibility index (Phi) is 5.42. The number of likely N-dealkylation sites (tertiary alicyclic amines) is 1. The molecular formula is C20H21F3N6O. The molecule has 1 aliphatic heterocycles. The minimum absolute atomic E-state index is 0.0143. The van der Waals surface area contributed by atoms with E-state index in [4.69, 9.17) is 0 Å². The molecule has 4 rings (SSSR count). The maximum atomic E-state index is 12.8. The van der Waals surface area contributed by atoms with E-state index in [2.05, 4.69) is 20.4 Å². The van der Waals surface area contributed by atoms with Gasteiger partial charge in [-0.15, -0.1) is 0 Å². The van der Waals surface area contributed by atoms with Crippen molar-refractivity contribution in [1.82, 2.24) is 24.6 Å². The summed E-state index contributed by atoms with van der Waals surface area (Å²) in [5.41, 5.74) is 2.57. The summed E-state index contributed by atoms with van der Waals surface area (Å²) < 4.78 is 40.0. The second-order valence-electron chi connectivity index (χ2n) is 7.51. The molecule has 0 spiro atoms. The molecule has 1 fully saturated rings. The third kappa shape index (κ3) is 4.59. The van der Waals surface area contributed by atoms with Crippen LogP contribution in [-0.2, 0) is 11.8 Å². The van der Waals surface area contributed by atoms with Crippen molar-refractivity contribution < 1.29 is 18.0 Å². The highest BCUT2D eigenvalue weighted by molar-refractivity contribution is 5.92. The van der Waals surface area contributed by atoms with Crippen LogP contribution in [0.5, 0.6) is 0 Å². The lowest BCUT2D eigenvalue weighted by Gasteiger charge is -2.32. The van der Waals surface area contributed by atoms with E-state index in [1.54, 1.807) is 22.0 Å². The van der Waals surface area contributed by atoms with Gasteiger partial charge in [-0.3, -0.25) is 19.7 Å². The van der Waals surface area contributed by atoms with E-state index >= 15 is 0 Å². The first-order valence-electron chi connectivity index (χ1n) is 9.63. The predicted molar refractivity (Wildman–Crippen MR) is 106 cm³/mol. The standard InChI is InChI=1S/C20H21F3N6O/c1-28-11-15(10-25-28)13-2-3-14-9-24-19(26-17(14)8-13)27-18(30)12-29-6-4-16(5-7-29)20(21,22)23/h2-3,8-11,16H,4-7,12H2,1H3,(H,24,26,27,30). The highest BCUT2D eigenvalue weighted by Crippen LogP contribution is 2.34. The van der Waals surface area contributed by atoms with Gasteiger partial charge in [-0.1, -0.05) is 12.1 Å². The number of amides is 1. The number of hydrogen-bond acceptors (Lipinski definition) is 5. The molecule has 0 bridgehead atoms. The maximum absolute atomic E-state index is 12.8. The fourth-order valence-corrected chi connectivity index (χ4v) is 3.62. The molecule has 1 amide bonds. The Bertz CT molecular complexity index is 1060. The summed E-state index contributed by atoms with van der Waals surface area (Å²) in [4.78, 5) is 22.6. The maximum Gasteiger partial charge on any atom is 0.391 e.